The highest BCUT2D eigenvalue weighted by atomic mass is 16.3. The van der Waals surface area contributed by atoms with Crippen molar-refractivity contribution in [2.24, 2.45) is 0 Å². The molecule has 0 saturated carbocycles. The smallest absolute Gasteiger partial charge is 0.226 e. The van der Waals surface area contributed by atoms with Crippen LogP contribution in [0.2, 0.25) is 0 Å². The van der Waals surface area contributed by atoms with Gasteiger partial charge in [0, 0.05) is 5.39 Å². The molecule has 0 aliphatic rings. The standard InChI is InChI=1S/C16H14N2O2/c19-16(17-11-14-5-3-9-20-14)10-13-8-7-12-4-1-2-6-15(12)18-13/h1-9H,10-11H2,(H,17,19). The SMILES string of the molecule is O=C(Cc1ccc2ccccc2n1)NCc1ccco1. The molecule has 100 valence electrons. The fourth-order valence-electron chi connectivity index (χ4n) is 2.03. The molecule has 0 aliphatic heterocycles. The van der Waals surface area contributed by atoms with Gasteiger partial charge in [-0.1, -0.05) is 24.3 Å². The van der Waals surface area contributed by atoms with E-state index in [2.05, 4.69) is 10.3 Å². The molecule has 4 heteroatoms. The van der Waals surface area contributed by atoms with Crippen molar-refractivity contribution in [3.63, 3.8) is 0 Å². The Hall–Kier alpha value is -2.62. The van der Waals surface area contributed by atoms with Crippen LogP contribution in [0.3, 0.4) is 0 Å². The van der Waals surface area contributed by atoms with Gasteiger partial charge in [-0.3, -0.25) is 9.78 Å². The zero-order valence-corrected chi connectivity index (χ0v) is 10.9. The van der Waals surface area contributed by atoms with Crippen molar-refractivity contribution in [1.29, 1.82) is 0 Å². The molecule has 0 aliphatic carbocycles. The molecule has 0 atom stereocenters. The van der Waals surface area contributed by atoms with E-state index in [9.17, 15) is 4.79 Å². The normalized spacial score (nSPS) is 10.6. The second-order valence-electron chi connectivity index (χ2n) is 4.53. The number of nitrogens with one attached hydrogen (secondary N) is 1. The molecule has 0 fully saturated rings. The minimum Gasteiger partial charge on any atom is -0.467 e. The van der Waals surface area contributed by atoms with E-state index in [0.29, 0.717) is 6.54 Å². The van der Waals surface area contributed by atoms with Gasteiger partial charge in [-0.05, 0) is 24.3 Å². The Kier molecular flexibility index (Phi) is 3.46. The average molecular weight is 266 g/mol. The van der Waals surface area contributed by atoms with Gasteiger partial charge in [0.15, 0.2) is 0 Å². The van der Waals surface area contributed by atoms with Crippen LogP contribution in [0.5, 0.6) is 0 Å². The third-order valence-electron chi connectivity index (χ3n) is 3.04. The Bertz CT molecular complexity index is 720. The van der Waals surface area contributed by atoms with E-state index >= 15 is 0 Å². The topological polar surface area (TPSA) is 55.1 Å². The van der Waals surface area contributed by atoms with E-state index in [4.69, 9.17) is 4.42 Å². The Labute approximate surface area is 116 Å². The predicted octanol–water partition coefficient (Wildman–Crippen LogP) is 2.69. The number of para-hydroxylation sites is 1. The van der Waals surface area contributed by atoms with Crippen LogP contribution in [-0.2, 0) is 17.8 Å². The number of fused-ring (bicyclic) bond motifs is 1. The molecule has 20 heavy (non-hydrogen) atoms. The monoisotopic (exact) mass is 266 g/mol. The van der Waals surface area contributed by atoms with E-state index in [1.807, 2.05) is 42.5 Å². The molecule has 2 aromatic heterocycles. The largest absolute Gasteiger partial charge is 0.467 e. The number of benzene rings is 1. The summed E-state index contributed by atoms with van der Waals surface area (Å²) in [5.74, 6) is 0.675. The Morgan fingerprint density at radius 3 is 2.85 bits per heavy atom. The molecule has 0 unspecified atom stereocenters. The van der Waals surface area contributed by atoms with Crippen LogP contribution in [0, 0.1) is 0 Å². The van der Waals surface area contributed by atoms with Crippen molar-refractivity contribution >= 4 is 16.8 Å². The first kappa shape index (κ1) is 12.4. The van der Waals surface area contributed by atoms with Crippen LogP contribution >= 0.6 is 0 Å². The summed E-state index contributed by atoms with van der Waals surface area (Å²) in [6, 6.07) is 15.4. The van der Waals surface area contributed by atoms with Gasteiger partial charge in [0.25, 0.3) is 0 Å². The molecule has 0 bridgehead atoms. The number of furan rings is 1. The third kappa shape index (κ3) is 2.85. The fraction of sp³-hybridized carbons (Fsp3) is 0.125. The molecule has 0 radical (unpaired) electrons. The summed E-state index contributed by atoms with van der Waals surface area (Å²) in [4.78, 5) is 16.3. The maximum Gasteiger partial charge on any atom is 0.226 e. The number of carbonyl (C=O) groups is 1. The molecule has 4 nitrogen and oxygen atoms in total. The molecule has 3 aromatic rings. The van der Waals surface area contributed by atoms with Gasteiger partial charge in [0.1, 0.15) is 5.76 Å². The van der Waals surface area contributed by atoms with Gasteiger partial charge >= 0.3 is 0 Å². The van der Waals surface area contributed by atoms with Gasteiger partial charge in [-0.15, -0.1) is 0 Å². The lowest BCUT2D eigenvalue weighted by Gasteiger charge is -2.04. The van der Waals surface area contributed by atoms with Crippen molar-refractivity contribution in [3.8, 4) is 0 Å². The second-order valence-corrected chi connectivity index (χ2v) is 4.53. The molecule has 2 heterocycles. The summed E-state index contributed by atoms with van der Waals surface area (Å²) in [5.41, 5.74) is 1.67. The Morgan fingerprint density at radius 2 is 2.00 bits per heavy atom. The minimum atomic E-state index is -0.0656. The summed E-state index contributed by atoms with van der Waals surface area (Å²) < 4.78 is 5.16. The van der Waals surface area contributed by atoms with E-state index in [1.54, 1.807) is 12.3 Å². The highest BCUT2D eigenvalue weighted by Crippen LogP contribution is 2.12. The quantitative estimate of drug-likeness (QED) is 0.790. The van der Waals surface area contributed by atoms with Crippen molar-refractivity contribution in [1.82, 2.24) is 10.3 Å². The first-order valence-electron chi connectivity index (χ1n) is 6.45. The molecule has 1 aromatic carbocycles. The number of hydrogen-bond acceptors (Lipinski definition) is 3. The molecule has 0 spiro atoms. The van der Waals surface area contributed by atoms with Crippen molar-refractivity contribution in [2.45, 2.75) is 13.0 Å². The average Bonchev–Trinajstić information content (AvgIpc) is 2.98. The van der Waals surface area contributed by atoms with E-state index < -0.39 is 0 Å². The number of pyridine rings is 1. The van der Waals surface area contributed by atoms with Crippen LogP contribution in [-0.4, -0.2) is 10.9 Å². The van der Waals surface area contributed by atoms with Gasteiger partial charge in [0.05, 0.1) is 30.4 Å². The van der Waals surface area contributed by atoms with Gasteiger partial charge in [-0.25, -0.2) is 0 Å². The zero-order chi connectivity index (χ0) is 13.8. The second kappa shape index (κ2) is 5.57. The van der Waals surface area contributed by atoms with Gasteiger partial charge in [-0.2, -0.15) is 0 Å². The van der Waals surface area contributed by atoms with E-state index in [1.165, 1.54) is 0 Å². The predicted molar refractivity (Wildman–Crippen MR) is 76.0 cm³/mol. The highest BCUT2D eigenvalue weighted by molar-refractivity contribution is 5.81. The number of amides is 1. The van der Waals surface area contributed by atoms with Crippen LogP contribution in [0.4, 0.5) is 0 Å². The van der Waals surface area contributed by atoms with Crippen LogP contribution < -0.4 is 5.32 Å². The lowest BCUT2D eigenvalue weighted by Crippen LogP contribution is -2.24. The first-order valence-corrected chi connectivity index (χ1v) is 6.45. The number of aromatic nitrogens is 1. The fourth-order valence-corrected chi connectivity index (χ4v) is 2.03. The molecule has 1 amide bonds. The van der Waals surface area contributed by atoms with Crippen LogP contribution in [0.1, 0.15) is 11.5 Å². The summed E-state index contributed by atoms with van der Waals surface area (Å²) in [6.45, 7) is 0.402. The summed E-state index contributed by atoms with van der Waals surface area (Å²) in [6.07, 6.45) is 1.86. The minimum absolute atomic E-state index is 0.0656. The zero-order valence-electron chi connectivity index (χ0n) is 10.9. The molecule has 0 saturated heterocycles. The summed E-state index contributed by atoms with van der Waals surface area (Å²) in [7, 11) is 0. The Morgan fingerprint density at radius 1 is 1.10 bits per heavy atom. The number of rotatable bonds is 4. The number of hydrogen-bond donors (Lipinski definition) is 1. The highest BCUT2D eigenvalue weighted by Gasteiger charge is 2.06. The lowest BCUT2D eigenvalue weighted by atomic mass is 10.2. The number of carbonyl (C=O) groups excluding carboxylic acids is 1. The van der Waals surface area contributed by atoms with Crippen molar-refractivity contribution in [2.75, 3.05) is 0 Å². The molecule has 3 rings (SSSR count). The molecular formula is C16H14N2O2. The van der Waals surface area contributed by atoms with Gasteiger partial charge < -0.3 is 9.73 Å². The van der Waals surface area contributed by atoms with Gasteiger partial charge in [0.2, 0.25) is 5.91 Å². The molecular weight excluding hydrogens is 252 g/mol. The maximum absolute atomic E-state index is 11.9. The first-order chi connectivity index (χ1) is 9.81. The van der Waals surface area contributed by atoms with E-state index in [-0.39, 0.29) is 12.3 Å². The van der Waals surface area contributed by atoms with Crippen LogP contribution in [0.25, 0.3) is 10.9 Å². The third-order valence-corrected chi connectivity index (χ3v) is 3.04. The van der Waals surface area contributed by atoms with Crippen molar-refractivity contribution < 1.29 is 9.21 Å². The Balaban J connectivity index is 1.65. The van der Waals surface area contributed by atoms with Crippen LogP contribution in [0.15, 0.2) is 59.2 Å². The van der Waals surface area contributed by atoms with Crippen molar-refractivity contribution in [3.05, 3.63) is 66.2 Å². The van der Waals surface area contributed by atoms with E-state index in [0.717, 1.165) is 22.4 Å². The summed E-state index contributed by atoms with van der Waals surface area (Å²) in [5, 5.41) is 3.89. The summed E-state index contributed by atoms with van der Waals surface area (Å²) >= 11 is 0. The number of nitrogens with zero attached hydrogens (tertiary/aromatic N) is 1. The lowest BCUT2D eigenvalue weighted by molar-refractivity contribution is -0.120. The molecule has 1 N–H and O–H groups in total. The maximum atomic E-state index is 11.9.